The lowest BCUT2D eigenvalue weighted by Gasteiger charge is -2.02. The van der Waals surface area contributed by atoms with E-state index >= 15 is 0 Å². The highest BCUT2D eigenvalue weighted by Crippen LogP contribution is 2.26. The second kappa shape index (κ2) is 5.03. The summed E-state index contributed by atoms with van der Waals surface area (Å²) in [6, 6.07) is 1.71. The van der Waals surface area contributed by atoms with Gasteiger partial charge < -0.3 is 0 Å². The molecule has 8 heteroatoms. The molecular weight excluding hydrogens is 266 g/mol. The van der Waals surface area contributed by atoms with Gasteiger partial charge in [-0.3, -0.25) is 0 Å². The van der Waals surface area contributed by atoms with Gasteiger partial charge in [0.25, 0.3) is 0 Å². The molecule has 2 rings (SSSR count). The van der Waals surface area contributed by atoms with Crippen LogP contribution < -0.4 is 0 Å². The van der Waals surface area contributed by atoms with Gasteiger partial charge in [-0.2, -0.15) is 5.10 Å². The average molecular weight is 274 g/mol. The maximum Gasteiger partial charge on any atom is 0.192 e. The molecule has 5 nitrogen and oxygen atoms in total. The molecule has 0 atom stereocenters. The third-order valence-corrected chi connectivity index (χ3v) is 3.41. The summed E-state index contributed by atoms with van der Waals surface area (Å²) in [7, 11) is 1.83. The number of hydrogen-bond acceptors (Lipinski definition) is 6. The summed E-state index contributed by atoms with van der Waals surface area (Å²) in [4.78, 5) is 12.5. The van der Waals surface area contributed by atoms with E-state index in [0.29, 0.717) is 10.3 Å². The molecule has 0 fully saturated rings. The third kappa shape index (κ3) is 2.66. The zero-order valence-electron chi connectivity index (χ0n) is 8.59. The Morgan fingerprint density at radius 3 is 2.81 bits per heavy atom. The van der Waals surface area contributed by atoms with E-state index in [2.05, 4.69) is 20.1 Å². The SMILES string of the molecule is CSc1nc(Cl)cc(Sc2ncnn2C)n1. The van der Waals surface area contributed by atoms with Gasteiger partial charge in [-0.25, -0.2) is 19.6 Å². The highest BCUT2D eigenvalue weighted by molar-refractivity contribution is 7.99. The van der Waals surface area contributed by atoms with Crippen LogP contribution in [0.5, 0.6) is 0 Å². The molecule has 2 aromatic heterocycles. The monoisotopic (exact) mass is 273 g/mol. The van der Waals surface area contributed by atoms with Crippen molar-refractivity contribution in [1.29, 1.82) is 0 Å². The summed E-state index contributed by atoms with van der Waals surface area (Å²) in [5.74, 6) is 0. The quantitative estimate of drug-likeness (QED) is 0.485. The highest BCUT2D eigenvalue weighted by atomic mass is 35.5. The predicted octanol–water partition coefficient (Wildman–Crippen LogP) is 2.13. The van der Waals surface area contributed by atoms with Crippen LogP contribution in [0.15, 0.2) is 27.7 Å². The molecule has 0 radical (unpaired) electrons. The zero-order valence-corrected chi connectivity index (χ0v) is 11.0. The van der Waals surface area contributed by atoms with Crippen LogP contribution in [-0.4, -0.2) is 31.0 Å². The van der Waals surface area contributed by atoms with Gasteiger partial charge in [0.05, 0.1) is 0 Å². The van der Waals surface area contributed by atoms with Crippen LogP contribution in [0.1, 0.15) is 0 Å². The Labute approximate surface area is 106 Å². The lowest BCUT2D eigenvalue weighted by atomic mass is 10.7. The molecule has 0 aliphatic heterocycles. The van der Waals surface area contributed by atoms with Crippen molar-refractivity contribution in [2.75, 3.05) is 6.26 Å². The van der Waals surface area contributed by atoms with Crippen LogP contribution in [0.4, 0.5) is 0 Å². The minimum Gasteiger partial charge on any atom is -0.244 e. The first-order valence-electron chi connectivity index (χ1n) is 4.29. The fourth-order valence-electron chi connectivity index (χ4n) is 0.992. The van der Waals surface area contributed by atoms with Crippen molar-refractivity contribution in [3.05, 3.63) is 17.5 Å². The van der Waals surface area contributed by atoms with Crippen LogP contribution in [0, 0.1) is 0 Å². The number of rotatable bonds is 3. The van der Waals surface area contributed by atoms with Crippen molar-refractivity contribution in [2.45, 2.75) is 15.3 Å². The number of nitrogens with zero attached hydrogens (tertiary/aromatic N) is 5. The highest BCUT2D eigenvalue weighted by Gasteiger charge is 2.07. The normalized spacial score (nSPS) is 10.7. The first kappa shape index (κ1) is 11.7. The number of hydrogen-bond donors (Lipinski definition) is 0. The van der Waals surface area contributed by atoms with E-state index in [-0.39, 0.29) is 0 Å². The van der Waals surface area contributed by atoms with Crippen molar-refractivity contribution in [1.82, 2.24) is 24.7 Å². The van der Waals surface area contributed by atoms with Crippen molar-refractivity contribution < 1.29 is 0 Å². The second-order valence-corrected chi connectivity index (χ2v) is 4.93. The standard InChI is InChI=1S/C8H8ClN5S2/c1-14-8(10-4-11-14)16-6-3-5(9)12-7(13-6)15-2/h3-4H,1-2H3. The summed E-state index contributed by atoms with van der Waals surface area (Å²) >= 11 is 8.74. The Bertz CT molecular complexity index is 501. The van der Waals surface area contributed by atoms with Gasteiger partial charge in [0, 0.05) is 13.1 Å². The number of thioether (sulfide) groups is 1. The van der Waals surface area contributed by atoms with E-state index in [9.17, 15) is 0 Å². The number of aromatic nitrogens is 5. The molecule has 0 saturated carbocycles. The van der Waals surface area contributed by atoms with E-state index in [4.69, 9.17) is 11.6 Å². The first-order valence-corrected chi connectivity index (χ1v) is 6.71. The average Bonchev–Trinajstić information content (AvgIpc) is 2.63. The molecule has 16 heavy (non-hydrogen) atoms. The van der Waals surface area contributed by atoms with Crippen molar-refractivity contribution >= 4 is 35.1 Å². The van der Waals surface area contributed by atoms with E-state index in [1.807, 2.05) is 13.3 Å². The largest absolute Gasteiger partial charge is 0.244 e. The predicted molar refractivity (Wildman–Crippen MR) is 63.9 cm³/mol. The van der Waals surface area contributed by atoms with E-state index in [1.165, 1.54) is 29.9 Å². The fourth-order valence-corrected chi connectivity index (χ4v) is 2.50. The minimum absolute atomic E-state index is 0.434. The molecular formula is C8H8ClN5S2. The molecule has 2 aromatic rings. The Kier molecular flexibility index (Phi) is 3.67. The van der Waals surface area contributed by atoms with Gasteiger partial charge in [-0.05, 0) is 18.0 Å². The Balaban J connectivity index is 2.28. The summed E-state index contributed by atoms with van der Waals surface area (Å²) in [5, 5.41) is 6.60. The van der Waals surface area contributed by atoms with Gasteiger partial charge in [0.2, 0.25) is 0 Å². The van der Waals surface area contributed by atoms with Gasteiger partial charge in [-0.1, -0.05) is 23.4 Å². The van der Waals surface area contributed by atoms with Crippen LogP contribution in [0.25, 0.3) is 0 Å². The summed E-state index contributed by atoms with van der Waals surface area (Å²) in [6.45, 7) is 0. The summed E-state index contributed by atoms with van der Waals surface area (Å²) in [5.41, 5.74) is 0. The van der Waals surface area contributed by atoms with Crippen molar-refractivity contribution in [3.8, 4) is 0 Å². The van der Waals surface area contributed by atoms with Crippen LogP contribution in [0.2, 0.25) is 5.15 Å². The fraction of sp³-hybridized carbons (Fsp3) is 0.250. The Hall–Kier alpha value is -0.790. The van der Waals surface area contributed by atoms with E-state index in [1.54, 1.807) is 10.7 Å². The van der Waals surface area contributed by atoms with Crippen LogP contribution >= 0.6 is 35.1 Å². The molecule has 0 amide bonds. The number of aryl methyl sites for hydroxylation is 1. The molecule has 0 bridgehead atoms. The van der Waals surface area contributed by atoms with Gasteiger partial charge in [0.1, 0.15) is 16.5 Å². The molecule has 0 aliphatic rings. The van der Waals surface area contributed by atoms with Crippen molar-refractivity contribution in [2.24, 2.45) is 7.05 Å². The topological polar surface area (TPSA) is 56.5 Å². The smallest absolute Gasteiger partial charge is 0.192 e. The molecule has 84 valence electrons. The van der Waals surface area contributed by atoms with Crippen LogP contribution in [-0.2, 0) is 7.05 Å². The van der Waals surface area contributed by atoms with Crippen molar-refractivity contribution in [3.63, 3.8) is 0 Å². The Morgan fingerprint density at radius 2 is 2.19 bits per heavy atom. The Morgan fingerprint density at radius 1 is 1.38 bits per heavy atom. The molecule has 0 saturated heterocycles. The maximum absolute atomic E-state index is 5.89. The number of halogens is 1. The summed E-state index contributed by atoms with van der Waals surface area (Å²) in [6.07, 6.45) is 3.41. The summed E-state index contributed by atoms with van der Waals surface area (Å²) < 4.78 is 1.68. The minimum atomic E-state index is 0.434. The molecule has 0 aromatic carbocycles. The molecule has 0 unspecified atom stereocenters. The lowest BCUT2D eigenvalue weighted by molar-refractivity contribution is 0.684. The maximum atomic E-state index is 5.89. The zero-order chi connectivity index (χ0) is 11.5. The molecule has 0 aliphatic carbocycles. The molecule has 0 N–H and O–H groups in total. The van der Waals surface area contributed by atoms with Gasteiger partial charge >= 0.3 is 0 Å². The third-order valence-electron chi connectivity index (χ3n) is 1.70. The van der Waals surface area contributed by atoms with E-state index < -0.39 is 0 Å². The molecule has 2 heterocycles. The van der Waals surface area contributed by atoms with Gasteiger partial charge in [0.15, 0.2) is 10.3 Å². The molecule has 0 spiro atoms. The van der Waals surface area contributed by atoms with Gasteiger partial charge in [-0.15, -0.1) is 0 Å². The second-order valence-electron chi connectivity index (χ2n) is 2.78. The van der Waals surface area contributed by atoms with Crippen LogP contribution in [0.3, 0.4) is 0 Å². The first-order chi connectivity index (χ1) is 7.69. The lowest BCUT2D eigenvalue weighted by Crippen LogP contribution is -1.94. The van der Waals surface area contributed by atoms with E-state index in [0.717, 1.165) is 10.2 Å².